The maximum atomic E-state index is 5.75. The van der Waals surface area contributed by atoms with Gasteiger partial charge >= 0.3 is 0 Å². The highest BCUT2D eigenvalue weighted by molar-refractivity contribution is 14.1. The largest absolute Gasteiger partial charge is 0.494 e. The minimum Gasteiger partial charge on any atom is -0.494 e. The van der Waals surface area contributed by atoms with Crippen molar-refractivity contribution in [2.45, 2.75) is 25.7 Å². The summed E-state index contributed by atoms with van der Waals surface area (Å²) in [5.41, 5.74) is 0. The van der Waals surface area contributed by atoms with Gasteiger partial charge in [-0.1, -0.05) is 53.6 Å². The highest BCUT2D eigenvalue weighted by Gasteiger charge is 1.98. The summed E-state index contributed by atoms with van der Waals surface area (Å²) in [6.07, 6.45) is 4.99. The fourth-order valence-electron chi connectivity index (χ4n) is 1.97. The second-order valence-corrected chi connectivity index (χ2v) is 5.92. The number of benzene rings is 2. The molecular weight excluding hydrogens is 375 g/mol. The molecule has 0 spiro atoms. The Morgan fingerprint density at radius 3 is 2.00 bits per heavy atom. The summed E-state index contributed by atoms with van der Waals surface area (Å²) < 4.78 is 12.7. The Morgan fingerprint density at radius 2 is 1.29 bits per heavy atom. The fraction of sp³-hybridized carbons (Fsp3) is 0.333. The summed E-state index contributed by atoms with van der Waals surface area (Å²) >= 11 is 2.43. The average Bonchev–Trinajstić information content (AvgIpc) is 2.53. The first-order chi connectivity index (χ1) is 10.4. The van der Waals surface area contributed by atoms with Gasteiger partial charge in [-0.2, -0.15) is 0 Å². The lowest BCUT2D eigenvalue weighted by Crippen LogP contribution is -1.97. The van der Waals surface area contributed by atoms with Crippen LogP contribution in [0.25, 0.3) is 0 Å². The Labute approximate surface area is 140 Å². The molecule has 2 nitrogen and oxygen atoms in total. The van der Waals surface area contributed by atoms with Gasteiger partial charge in [0.05, 0.1) is 6.61 Å². The van der Waals surface area contributed by atoms with Crippen molar-refractivity contribution in [2.24, 2.45) is 0 Å². The van der Waals surface area contributed by atoms with Gasteiger partial charge in [-0.15, -0.1) is 0 Å². The Balaban J connectivity index is 1.72. The van der Waals surface area contributed by atoms with Crippen LogP contribution in [0.3, 0.4) is 0 Å². The predicted octanol–water partition coefficient (Wildman–Crippen LogP) is 5.85. The zero-order chi connectivity index (χ0) is 14.8. The minimum atomic E-state index is 0.792. The topological polar surface area (TPSA) is 18.5 Å². The molecule has 0 unspecified atom stereocenters. The zero-order valence-electron chi connectivity index (χ0n) is 12.1. The van der Waals surface area contributed by atoms with E-state index < -0.39 is 0 Å². The molecule has 0 saturated carbocycles. The van der Waals surface area contributed by atoms with Crippen molar-refractivity contribution in [2.75, 3.05) is 11.0 Å². The van der Waals surface area contributed by atoms with Crippen LogP contribution in [0.4, 0.5) is 0 Å². The molecule has 0 aliphatic carbocycles. The maximum Gasteiger partial charge on any atom is 0.127 e. The van der Waals surface area contributed by atoms with E-state index in [4.69, 9.17) is 9.47 Å². The molecule has 2 aromatic rings. The lowest BCUT2D eigenvalue weighted by Gasteiger charge is -2.08. The minimum absolute atomic E-state index is 0.792. The number of halogens is 1. The summed E-state index contributed by atoms with van der Waals surface area (Å²) in [6.45, 7) is 0.792. The summed E-state index contributed by atoms with van der Waals surface area (Å²) in [6, 6.07) is 17.6. The third-order valence-corrected chi connectivity index (χ3v) is 3.86. The molecule has 21 heavy (non-hydrogen) atoms. The number of rotatable bonds is 9. The molecule has 0 aromatic heterocycles. The number of ether oxygens (including phenoxy) is 2. The molecule has 0 fully saturated rings. The molecule has 0 amide bonds. The smallest absolute Gasteiger partial charge is 0.127 e. The summed E-state index contributed by atoms with van der Waals surface area (Å²) in [7, 11) is 0. The lowest BCUT2D eigenvalue weighted by molar-refractivity contribution is 0.305. The van der Waals surface area contributed by atoms with Crippen molar-refractivity contribution in [3.05, 3.63) is 54.6 Å². The van der Waals surface area contributed by atoms with Crippen LogP contribution in [0.15, 0.2) is 54.6 Å². The molecule has 3 heteroatoms. The molecule has 2 rings (SSSR count). The Morgan fingerprint density at radius 1 is 0.667 bits per heavy atom. The normalized spacial score (nSPS) is 10.3. The number of para-hydroxylation sites is 1. The first-order valence-corrected chi connectivity index (χ1v) is 8.93. The third kappa shape index (κ3) is 6.38. The van der Waals surface area contributed by atoms with Crippen LogP contribution in [0.2, 0.25) is 0 Å². The Bertz CT molecular complexity index is 496. The second kappa shape index (κ2) is 9.66. The van der Waals surface area contributed by atoms with E-state index in [1.807, 2.05) is 54.6 Å². The van der Waals surface area contributed by atoms with E-state index in [2.05, 4.69) is 22.6 Å². The van der Waals surface area contributed by atoms with Gasteiger partial charge in [-0.05, 0) is 53.7 Å². The van der Waals surface area contributed by atoms with E-state index in [9.17, 15) is 0 Å². The fourth-order valence-corrected chi connectivity index (χ4v) is 2.51. The van der Waals surface area contributed by atoms with Crippen LogP contribution in [0, 0.1) is 0 Å². The van der Waals surface area contributed by atoms with Gasteiger partial charge in [0, 0.05) is 0 Å². The average molecular weight is 396 g/mol. The van der Waals surface area contributed by atoms with Crippen LogP contribution in [-0.2, 0) is 0 Å². The van der Waals surface area contributed by atoms with Crippen molar-refractivity contribution in [3.63, 3.8) is 0 Å². The predicted molar refractivity (Wildman–Crippen MR) is 95.8 cm³/mol. The molecule has 0 bridgehead atoms. The van der Waals surface area contributed by atoms with E-state index in [-0.39, 0.29) is 0 Å². The molecule has 0 radical (unpaired) electrons. The van der Waals surface area contributed by atoms with Gasteiger partial charge in [0.2, 0.25) is 0 Å². The Hall–Kier alpha value is -1.23. The van der Waals surface area contributed by atoms with E-state index in [0.29, 0.717) is 0 Å². The van der Waals surface area contributed by atoms with Crippen molar-refractivity contribution in [1.82, 2.24) is 0 Å². The van der Waals surface area contributed by atoms with Crippen LogP contribution in [-0.4, -0.2) is 11.0 Å². The first-order valence-electron chi connectivity index (χ1n) is 7.40. The van der Waals surface area contributed by atoms with Crippen LogP contribution in [0.1, 0.15) is 25.7 Å². The second-order valence-electron chi connectivity index (χ2n) is 4.84. The lowest BCUT2D eigenvalue weighted by atomic mass is 10.2. The molecular formula is C18H21IO2. The molecule has 0 aliphatic heterocycles. The SMILES string of the molecule is ICCCCCCOc1ccc(Oc2ccccc2)cc1. The van der Waals surface area contributed by atoms with E-state index >= 15 is 0 Å². The van der Waals surface area contributed by atoms with Crippen LogP contribution >= 0.6 is 22.6 Å². The molecule has 0 heterocycles. The van der Waals surface area contributed by atoms with Crippen LogP contribution < -0.4 is 9.47 Å². The van der Waals surface area contributed by atoms with Crippen molar-refractivity contribution in [1.29, 1.82) is 0 Å². The van der Waals surface area contributed by atoms with Gasteiger partial charge < -0.3 is 9.47 Å². The molecule has 112 valence electrons. The Kier molecular flexibility index (Phi) is 7.43. The number of unbranched alkanes of at least 4 members (excludes halogenated alkanes) is 3. The standard InChI is InChI=1S/C18H21IO2/c19-14-6-1-2-7-15-20-16-10-12-18(13-11-16)21-17-8-4-3-5-9-17/h3-5,8-13H,1-2,6-7,14-15H2. The highest BCUT2D eigenvalue weighted by atomic mass is 127. The third-order valence-electron chi connectivity index (χ3n) is 3.10. The number of hydrogen-bond donors (Lipinski definition) is 0. The zero-order valence-corrected chi connectivity index (χ0v) is 14.3. The first kappa shape index (κ1) is 16.1. The van der Waals surface area contributed by atoms with Crippen molar-refractivity contribution < 1.29 is 9.47 Å². The molecule has 0 N–H and O–H groups in total. The van der Waals surface area contributed by atoms with Crippen molar-refractivity contribution >= 4 is 22.6 Å². The van der Waals surface area contributed by atoms with Gasteiger partial charge in [0.25, 0.3) is 0 Å². The van der Waals surface area contributed by atoms with E-state index in [0.717, 1.165) is 30.3 Å². The summed E-state index contributed by atoms with van der Waals surface area (Å²) in [4.78, 5) is 0. The van der Waals surface area contributed by atoms with Gasteiger partial charge in [0.1, 0.15) is 17.2 Å². The molecule has 0 saturated heterocycles. The highest BCUT2D eigenvalue weighted by Crippen LogP contribution is 2.23. The molecule has 0 atom stereocenters. The molecule has 0 aliphatic rings. The monoisotopic (exact) mass is 396 g/mol. The van der Waals surface area contributed by atoms with Gasteiger partial charge in [0.15, 0.2) is 0 Å². The summed E-state index contributed by atoms with van der Waals surface area (Å²) in [5.74, 6) is 2.58. The van der Waals surface area contributed by atoms with Crippen molar-refractivity contribution in [3.8, 4) is 17.2 Å². The van der Waals surface area contributed by atoms with E-state index in [1.54, 1.807) is 0 Å². The number of alkyl halides is 1. The van der Waals surface area contributed by atoms with Gasteiger partial charge in [-0.3, -0.25) is 0 Å². The molecule has 2 aromatic carbocycles. The number of hydrogen-bond acceptors (Lipinski definition) is 2. The summed E-state index contributed by atoms with van der Waals surface area (Å²) in [5, 5.41) is 0. The van der Waals surface area contributed by atoms with Crippen LogP contribution in [0.5, 0.6) is 17.2 Å². The maximum absolute atomic E-state index is 5.75. The van der Waals surface area contributed by atoms with E-state index in [1.165, 1.54) is 23.7 Å². The van der Waals surface area contributed by atoms with Gasteiger partial charge in [-0.25, -0.2) is 0 Å². The quantitative estimate of drug-likeness (QED) is 0.301.